The molecule has 4 saturated carbocycles. The van der Waals surface area contributed by atoms with Crippen LogP contribution < -0.4 is 16.2 Å². The third-order valence-electron chi connectivity index (χ3n) is 9.93. The Kier molecular flexibility index (Phi) is 7.22. The van der Waals surface area contributed by atoms with Gasteiger partial charge in [0.25, 0.3) is 0 Å². The Morgan fingerprint density at radius 1 is 1.05 bits per heavy atom. The van der Waals surface area contributed by atoms with E-state index in [1.807, 2.05) is 0 Å². The highest BCUT2D eigenvalue weighted by Crippen LogP contribution is 2.59. The average molecular weight is 523 g/mol. The third-order valence-corrected chi connectivity index (χ3v) is 9.93. The minimum Gasteiger partial charge on any atom is -0.506 e. The number of aromatic hydroxyl groups is 1. The van der Waals surface area contributed by atoms with Crippen molar-refractivity contribution in [3.63, 3.8) is 0 Å². The number of carbonyl (C=O) groups is 1. The lowest BCUT2D eigenvalue weighted by atomic mass is 9.49. The number of amides is 1. The minimum atomic E-state index is -0.750. The van der Waals surface area contributed by atoms with Crippen molar-refractivity contribution in [1.82, 2.24) is 20.5 Å². The molecule has 1 aromatic heterocycles. The van der Waals surface area contributed by atoms with Crippen LogP contribution in [0, 0.1) is 23.2 Å². The van der Waals surface area contributed by atoms with Crippen molar-refractivity contribution in [3.8, 4) is 5.75 Å². The van der Waals surface area contributed by atoms with E-state index in [2.05, 4.69) is 20.5 Å². The third kappa shape index (κ3) is 5.49. The number of carbonyl (C=O) groups excluding carboxylic acids is 1. The van der Waals surface area contributed by atoms with Crippen molar-refractivity contribution in [3.05, 3.63) is 40.2 Å². The van der Waals surface area contributed by atoms with Crippen LogP contribution in [0.1, 0.15) is 69.5 Å². The van der Waals surface area contributed by atoms with Crippen LogP contribution in [0.15, 0.2) is 29.1 Å². The number of benzene rings is 1. The SMILES string of the molecule is O=C(CCN1CCC(NC[C@@H](O)c2ccc(O)c3[nH]c(=O)ccc23)CC1)NCC12CC3CC(CC(C3)C1)C2. The number of hydrogen-bond donors (Lipinski definition) is 5. The second-order valence-electron chi connectivity index (χ2n) is 12.8. The van der Waals surface area contributed by atoms with E-state index in [1.54, 1.807) is 12.1 Å². The Morgan fingerprint density at radius 2 is 1.74 bits per heavy atom. The minimum absolute atomic E-state index is 0.00425. The van der Waals surface area contributed by atoms with Gasteiger partial charge in [0.1, 0.15) is 5.75 Å². The molecule has 8 nitrogen and oxygen atoms in total. The Bertz CT molecular complexity index is 1180. The molecule has 2 heterocycles. The fourth-order valence-electron chi connectivity index (χ4n) is 8.44. The van der Waals surface area contributed by atoms with E-state index < -0.39 is 6.10 Å². The summed E-state index contributed by atoms with van der Waals surface area (Å²) in [6, 6.07) is 6.58. The van der Waals surface area contributed by atoms with Gasteiger partial charge in [-0.15, -0.1) is 0 Å². The zero-order valence-corrected chi connectivity index (χ0v) is 22.3. The maximum absolute atomic E-state index is 12.7. The van der Waals surface area contributed by atoms with Gasteiger partial charge in [0.2, 0.25) is 11.5 Å². The Labute approximate surface area is 224 Å². The largest absolute Gasteiger partial charge is 0.506 e. The normalized spacial score (nSPS) is 30.1. The van der Waals surface area contributed by atoms with E-state index in [1.165, 1.54) is 50.7 Å². The Balaban J connectivity index is 0.916. The quantitative estimate of drug-likeness (QED) is 0.346. The molecule has 4 bridgehead atoms. The summed E-state index contributed by atoms with van der Waals surface area (Å²) in [4.78, 5) is 29.3. The van der Waals surface area contributed by atoms with Crippen molar-refractivity contribution in [2.24, 2.45) is 23.2 Å². The molecular formula is C30H42N4O4. The van der Waals surface area contributed by atoms with Crippen LogP contribution in [0.25, 0.3) is 10.9 Å². The molecule has 1 saturated heterocycles. The Hall–Kier alpha value is -2.42. The fraction of sp³-hybridized carbons (Fsp3) is 0.667. The molecule has 5 aliphatic rings. The van der Waals surface area contributed by atoms with Crippen molar-refractivity contribution >= 4 is 16.8 Å². The second-order valence-corrected chi connectivity index (χ2v) is 12.8. The van der Waals surface area contributed by atoms with E-state index in [9.17, 15) is 19.8 Å². The highest BCUT2D eigenvalue weighted by atomic mass is 16.3. The van der Waals surface area contributed by atoms with Gasteiger partial charge in [-0.25, -0.2) is 0 Å². The highest BCUT2D eigenvalue weighted by molar-refractivity contribution is 5.87. The summed E-state index contributed by atoms with van der Waals surface area (Å²) in [5, 5.41) is 28.4. The number of piperidine rings is 1. The monoisotopic (exact) mass is 522 g/mol. The number of likely N-dealkylation sites (tertiary alicyclic amines) is 1. The summed E-state index contributed by atoms with van der Waals surface area (Å²) < 4.78 is 0. The maximum Gasteiger partial charge on any atom is 0.248 e. The number of hydrogen-bond acceptors (Lipinski definition) is 6. The van der Waals surface area contributed by atoms with Crippen LogP contribution in [-0.4, -0.2) is 64.8 Å². The number of fused-ring (bicyclic) bond motifs is 1. The van der Waals surface area contributed by atoms with Gasteiger partial charge in [0.05, 0.1) is 11.6 Å². The lowest BCUT2D eigenvalue weighted by Gasteiger charge is -2.56. The number of aromatic nitrogens is 1. The molecule has 5 fully saturated rings. The summed E-state index contributed by atoms with van der Waals surface area (Å²) in [7, 11) is 0. The van der Waals surface area contributed by atoms with Gasteiger partial charge in [0, 0.05) is 43.5 Å². The molecule has 1 amide bonds. The standard InChI is InChI=1S/C30H42N4O4/c35-25-3-1-23(24-2-4-28(38)33-29(24)25)26(36)17-31-22-5-8-34(9-6-22)10-7-27(37)32-18-30-14-19-11-20(15-30)13-21(12-19)16-30/h1-4,19-22,26,31,35-36H,5-18H2,(H,32,37)(H,33,38)/t19?,20?,21?,26-,30?/m1/s1. The zero-order valence-electron chi connectivity index (χ0n) is 22.3. The summed E-state index contributed by atoms with van der Waals surface area (Å²) in [5.74, 6) is 2.95. The summed E-state index contributed by atoms with van der Waals surface area (Å²) >= 11 is 0. The van der Waals surface area contributed by atoms with E-state index in [0.717, 1.165) is 56.8 Å². The molecule has 8 heteroatoms. The molecule has 4 aliphatic carbocycles. The van der Waals surface area contributed by atoms with Crippen LogP contribution in [0.5, 0.6) is 5.75 Å². The number of aromatic amines is 1. The second kappa shape index (κ2) is 10.6. The number of phenols is 1. The highest BCUT2D eigenvalue weighted by Gasteiger charge is 2.50. The van der Waals surface area contributed by atoms with Crippen LogP contribution in [0.4, 0.5) is 0 Å². The summed E-state index contributed by atoms with van der Waals surface area (Å²) in [5.41, 5.74) is 1.13. The van der Waals surface area contributed by atoms with Gasteiger partial charge in [-0.05, 0) is 105 Å². The van der Waals surface area contributed by atoms with E-state index in [-0.39, 0.29) is 17.2 Å². The van der Waals surface area contributed by atoms with Crippen molar-refractivity contribution in [2.45, 2.75) is 69.9 Å². The molecule has 0 unspecified atom stereocenters. The van der Waals surface area contributed by atoms with Gasteiger partial charge in [0.15, 0.2) is 0 Å². The zero-order chi connectivity index (χ0) is 26.3. The maximum atomic E-state index is 12.7. The first kappa shape index (κ1) is 25.8. The predicted octanol–water partition coefficient (Wildman–Crippen LogP) is 3.04. The summed E-state index contributed by atoms with van der Waals surface area (Å²) in [6.07, 6.45) is 10.1. The number of H-pyrrole nitrogens is 1. The fourth-order valence-corrected chi connectivity index (χ4v) is 8.44. The van der Waals surface area contributed by atoms with E-state index in [4.69, 9.17) is 0 Å². The number of pyridine rings is 1. The predicted molar refractivity (Wildman–Crippen MR) is 147 cm³/mol. The van der Waals surface area contributed by atoms with Crippen molar-refractivity contribution in [2.75, 3.05) is 32.7 Å². The molecule has 2 aromatic rings. The molecule has 0 radical (unpaired) electrons. The van der Waals surface area contributed by atoms with Gasteiger partial charge >= 0.3 is 0 Å². The number of nitrogens with zero attached hydrogens (tertiary/aromatic N) is 1. The number of rotatable bonds is 9. The van der Waals surface area contributed by atoms with Crippen molar-refractivity contribution in [1.29, 1.82) is 0 Å². The molecule has 1 atom stereocenters. The topological polar surface area (TPSA) is 118 Å². The molecule has 206 valence electrons. The van der Waals surface area contributed by atoms with E-state index >= 15 is 0 Å². The molecule has 0 spiro atoms. The molecular weight excluding hydrogens is 480 g/mol. The number of aliphatic hydroxyl groups is 1. The number of aliphatic hydroxyl groups excluding tert-OH is 1. The van der Waals surface area contributed by atoms with Crippen LogP contribution in [0.3, 0.4) is 0 Å². The van der Waals surface area contributed by atoms with Gasteiger partial charge in [-0.3, -0.25) is 9.59 Å². The van der Waals surface area contributed by atoms with E-state index in [0.29, 0.717) is 40.9 Å². The smallest absolute Gasteiger partial charge is 0.248 e. The van der Waals surface area contributed by atoms with Crippen molar-refractivity contribution < 1.29 is 15.0 Å². The molecule has 5 N–H and O–H groups in total. The molecule has 1 aliphatic heterocycles. The Morgan fingerprint density at radius 3 is 2.42 bits per heavy atom. The average Bonchev–Trinajstić information content (AvgIpc) is 2.90. The first-order valence-corrected chi connectivity index (χ1v) is 14.6. The lowest BCUT2D eigenvalue weighted by molar-refractivity contribution is -0.123. The van der Waals surface area contributed by atoms with Crippen LogP contribution in [0.2, 0.25) is 0 Å². The van der Waals surface area contributed by atoms with Gasteiger partial charge in [-0.2, -0.15) is 0 Å². The number of phenolic OH excluding ortho intramolecular Hbond substituents is 1. The van der Waals surface area contributed by atoms with Crippen LogP contribution >= 0.6 is 0 Å². The molecule has 38 heavy (non-hydrogen) atoms. The number of nitrogens with one attached hydrogen (secondary N) is 3. The first-order valence-electron chi connectivity index (χ1n) is 14.6. The summed E-state index contributed by atoms with van der Waals surface area (Å²) in [6.45, 7) is 3.98. The van der Waals surface area contributed by atoms with Crippen LogP contribution in [-0.2, 0) is 4.79 Å². The lowest BCUT2D eigenvalue weighted by Crippen LogP contribution is -2.51. The first-order chi connectivity index (χ1) is 18.4. The molecule has 1 aromatic carbocycles. The molecule has 7 rings (SSSR count). The van der Waals surface area contributed by atoms with Gasteiger partial charge in [-0.1, -0.05) is 6.07 Å². The van der Waals surface area contributed by atoms with Gasteiger partial charge < -0.3 is 30.7 Å².